The average molecular weight is 370 g/mol. The molecular formula is C16H28FN5O2Si. The zero-order valence-electron chi connectivity index (χ0n) is 15.5. The molecular weight excluding hydrogens is 341 g/mol. The fourth-order valence-electron chi connectivity index (χ4n) is 2.89. The molecule has 0 aromatic heterocycles. The van der Waals surface area contributed by atoms with E-state index in [0.717, 1.165) is 0 Å². The molecule has 3 rings (SSSR count). The lowest BCUT2D eigenvalue weighted by atomic mass is 10.1. The van der Waals surface area contributed by atoms with Gasteiger partial charge < -0.3 is 19.8 Å². The van der Waals surface area contributed by atoms with E-state index < -0.39 is 20.7 Å². The maximum absolute atomic E-state index is 14.6. The summed E-state index contributed by atoms with van der Waals surface area (Å²) in [5.74, 6) is 0.393. The van der Waals surface area contributed by atoms with E-state index in [9.17, 15) is 4.39 Å². The topological polar surface area (TPSA) is 84.8 Å². The minimum Gasteiger partial charge on any atom is -0.414 e. The van der Waals surface area contributed by atoms with E-state index in [-0.39, 0.29) is 23.3 Å². The van der Waals surface area contributed by atoms with Crippen molar-refractivity contribution in [1.29, 1.82) is 0 Å². The smallest absolute Gasteiger partial charge is 0.192 e. The second-order valence-corrected chi connectivity index (χ2v) is 13.2. The fraction of sp³-hybridized carbons (Fsp3) is 0.812. The number of fused-ring (bicyclic) bond motifs is 1. The molecule has 2 N–H and O–H groups in total. The average Bonchev–Trinajstić information content (AvgIpc) is 3.08. The second kappa shape index (κ2) is 6.44. The first-order valence-corrected chi connectivity index (χ1v) is 11.6. The van der Waals surface area contributed by atoms with Crippen LogP contribution in [0.4, 0.5) is 4.39 Å². The van der Waals surface area contributed by atoms with Gasteiger partial charge in [-0.05, 0) is 18.1 Å². The number of aliphatic imine (C=N–C) groups is 3. The molecule has 0 aromatic carbocycles. The van der Waals surface area contributed by atoms with Crippen molar-refractivity contribution in [1.82, 2.24) is 4.90 Å². The third kappa shape index (κ3) is 3.49. The van der Waals surface area contributed by atoms with Crippen LogP contribution in [-0.4, -0.2) is 69.0 Å². The summed E-state index contributed by atoms with van der Waals surface area (Å²) in [6.07, 6.45) is 0.825. The molecule has 9 heteroatoms. The molecule has 5 atom stereocenters. The summed E-state index contributed by atoms with van der Waals surface area (Å²) in [4.78, 5) is 14.3. The van der Waals surface area contributed by atoms with Gasteiger partial charge in [0, 0.05) is 6.42 Å². The summed E-state index contributed by atoms with van der Waals surface area (Å²) in [5, 5.41) is 0.114. The van der Waals surface area contributed by atoms with Crippen molar-refractivity contribution in [3.63, 3.8) is 0 Å². The van der Waals surface area contributed by atoms with Gasteiger partial charge >= 0.3 is 0 Å². The predicted octanol–water partition coefficient (Wildman–Crippen LogP) is 1.90. The van der Waals surface area contributed by atoms with Crippen molar-refractivity contribution in [2.24, 2.45) is 20.7 Å². The monoisotopic (exact) mass is 369 g/mol. The standard InChI is InChI=1S/C16H28FN5O2Si/c1-16(2,3)25(4,5)23-7-10-6-11(17)15(24-10)22-9-21-12-13(18)19-8-20-14(12)22/h8-12,14-15H,6-7H2,1-5H3,(H2,18,19,20)/t10-,11+,12?,14?,15+/m0/s1. The lowest BCUT2D eigenvalue weighted by Gasteiger charge is -2.37. The summed E-state index contributed by atoms with van der Waals surface area (Å²) in [6.45, 7) is 11.3. The quantitative estimate of drug-likeness (QED) is 0.767. The van der Waals surface area contributed by atoms with Crippen LogP contribution < -0.4 is 5.73 Å². The van der Waals surface area contributed by atoms with Crippen LogP contribution in [0.1, 0.15) is 27.2 Å². The first-order chi connectivity index (χ1) is 11.6. The molecule has 0 bridgehead atoms. The van der Waals surface area contributed by atoms with Crippen LogP contribution in [0.25, 0.3) is 0 Å². The normalized spacial score (nSPS) is 35.2. The molecule has 1 saturated heterocycles. The Morgan fingerprint density at radius 3 is 2.80 bits per heavy atom. The highest BCUT2D eigenvalue weighted by molar-refractivity contribution is 6.74. The molecule has 2 unspecified atom stereocenters. The van der Waals surface area contributed by atoms with Gasteiger partial charge in [-0.2, -0.15) is 0 Å². The van der Waals surface area contributed by atoms with Crippen LogP contribution in [0, 0.1) is 0 Å². The number of halogens is 1. The number of alkyl halides is 1. The number of ether oxygens (including phenoxy) is 1. The highest BCUT2D eigenvalue weighted by Crippen LogP contribution is 2.38. The van der Waals surface area contributed by atoms with Crippen LogP contribution in [0.15, 0.2) is 15.0 Å². The maximum Gasteiger partial charge on any atom is 0.192 e. The molecule has 3 aliphatic heterocycles. The Balaban J connectivity index is 1.60. The highest BCUT2D eigenvalue weighted by Gasteiger charge is 2.47. The van der Waals surface area contributed by atoms with Crippen molar-refractivity contribution in [2.75, 3.05) is 6.61 Å². The Labute approximate surface area is 149 Å². The summed E-state index contributed by atoms with van der Waals surface area (Å²) in [6, 6.07) is -0.358. The lowest BCUT2D eigenvalue weighted by Crippen LogP contribution is -2.50. The van der Waals surface area contributed by atoms with Crippen molar-refractivity contribution >= 4 is 26.8 Å². The number of hydrogen-bond donors (Lipinski definition) is 1. The van der Waals surface area contributed by atoms with Gasteiger partial charge in [-0.25, -0.2) is 14.4 Å². The Bertz CT molecular complexity index is 604. The van der Waals surface area contributed by atoms with Gasteiger partial charge in [0.25, 0.3) is 0 Å². The first kappa shape index (κ1) is 18.5. The molecule has 0 aromatic rings. The van der Waals surface area contributed by atoms with Crippen LogP contribution in [-0.2, 0) is 9.16 Å². The molecule has 7 nitrogen and oxygen atoms in total. The molecule has 0 saturated carbocycles. The first-order valence-electron chi connectivity index (χ1n) is 8.69. The number of nitrogens with two attached hydrogens (primary N) is 1. The molecule has 25 heavy (non-hydrogen) atoms. The molecule has 0 radical (unpaired) electrons. The summed E-state index contributed by atoms with van der Waals surface area (Å²) < 4.78 is 26.8. The van der Waals surface area contributed by atoms with E-state index >= 15 is 0 Å². The van der Waals surface area contributed by atoms with Crippen molar-refractivity contribution < 1.29 is 13.6 Å². The van der Waals surface area contributed by atoms with Gasteiger partial charge in [0.15, 0.2) is 20.7 Å². The third-order valence-electron chi connectivity index (χ3n) is 5.54. The van der Waals surface area contributed by atoms with Gasteiger partial charge in [0.05, 0.1) is 19.0 Å². The summed E-state index contributed by atoms with van der Waals surface area (Å²) in [5.41, 5.74) is 5.85. The number of rotatable bonds is 4. The van der Waals surface area contributed by atoms with E-state index in [1.54, 1.807) is 11.2 Å². The van der Waals surface area contributed by atoms with Gasteiger partial charge in [-0.3, -0.25) is 4.99 Å². The number of hydrogen-bond acceptors (Lipinski definition) is 7. The molecule has 3 heterocycles. The molecule has 1 fully saturated rings. The van der Waals surface area contributed by atoms with Crippen LogP contribution >= 0.6 is 0 Å². The zero-order valence-corrected chi connectivity index (χ0v) is 16.5. The van der Waals surface area contributed by atoms with Gasteiger partial charge in [-0.15, -0.1) is 0 Å². The molecule has 0 amide bonds. The Morgan fingerprint density at radius 2 is 2.12 bits per heavy atom. The van der Waals surface area contributed by atoms with Crippen molar-refractivity contribution in [3.8, 4) is 0 Å². The van der Waals surface area contributed by atoms with Crippen LogP contribution in [0.3, 0.4) is 0 Å². The molecule has 0 aliphatic carbocycles. The fourth-order valence-corrected chi connectivity index (χ4v) is 3.93. The largest absolute Gasteiger partial charge is 0.414 e. The highest BCUT2D eigenvalue weighted by atomic mass is 28.4. The second-order valence-electron chi connectivity index (χ2n) is 8.36. The van der Waals surface area contributed by atoms with E-state index in [0.29, 0.717) is 18.9 Å². The minimum atomic E-state index is -1.88. The predicted molar refractivity (Wildman–Crippen MR) is 99.3 cm³/mol. The Morgan fingerprint density at radius 1 is 1.40 bits per heavy atom. The van der Waals surface area contributed by atoms with E-state index in [2.05, 4.69) is 48.8 Å². The van der Waals surface area contributed by atoms with Gasteiger partial charge in [-0.1, -0.05) is 20.8 Å². The number of nitrogens with zero attached hydrogens (tertiary/aromatic N) is 4. The number of amidine groups is 1. The van der Waals surface area contributed by atoms with E-state index in [1.807, 2.05) is 0 Å². The SMILES string of the molecule is CC(C)(C)[Si](C)(C)OC[C@@H]1C[C@@H](F)[C@H](N2C=NC3C(N)=NC=NC32)O1. The summed E-state index contributed by atoms with van der Waals surface area (Å²) >= 11 is 0. The van der Waals surface area contributed by atoms with Crippen molar-refractivity contribution in [2.45, 2.75) is 76.0 Å². The Kier molecular flexibility index (Phi) is 4.76. The van der Waals surface area contributed by atoms with E-state index in [1.165, 1.54) is 6.34 Å². The minimum absolute atomic E-state index is 0.114. The third-order valence-corrected chi connectivity index (χ3v) is 10.0. The molecule has 3 aliphatic rings. The zero-order chi connectivity index (χ0) is 18.4. The van der Waals surface area contributed by atoms with Gasteiger partial charge in [0.1, 0.15) is 24.4 Å². The maximum atomic E-state index is 14.6. The lowest BCUT2D eigenvalue weighted by molar-refractivity contribution is -0.0627. The Hall–Kier alpha value is -1.32. The summed E-state index contributed by atoms with van der Waals surface area (Å²) in [7, 11) is -1.88. The van der Waals surface area contributed by atoms with E-state index in [4.69, 9.17) is 14.9 Å². The van der Waals surface area contributed by atoms with Gasteiger partial charge in [0.2, 0.25) is 0 Å². The van der Waals surface area contributed by atoms with Crippen LogP contribution in [0.2, 0.25) is 18.1 Å². The van der Waals surface area contributed by atoms with Crippen LogP contribution in [0.5, 0.6) is 0 Å². The molecule has 140 valence electrons. The molecule has 0 spiro atoms. The van der Waals surface area contributed by atoms with Crippen molar-refractivity contribution in [3.05, 3.63) is 0 Å².